The Balaban J connectivity index is 1.17. The van der Waals surface area contributed by atoms with Gasteiger partial charge in [0.1, 0.15) is 5.76 Å². The van der Waals surface area contributed by atoms with E-state index in [-0.39, 0.29) is 11.8 Å². The van der Waals surface area contributed by atoms with Gasteiger partial charge in [-0.2, -0.15) is 0 Å². The van der Waals surface area contributed by atoms with Crippen molar-refractivity contribution in [3.63, 3.8) is 0 Å². The molecular weight excluding hydrogens is 448 g/mol. The molecule has 0 bridgehead atoms. The Morgan fingerprint density at radius 1 is 1.12 bits per heavy atom. The molecule has 2 atom stereocenters. The lowest BCUT2D eigenvalue weighted by atomic mass is 9.92. The van der Waals surface area contributed by atoms with Crippen molar-refractivity contribution >= 4 is 17.5 Å². The van der Waals surface area contributed by atoms with Crippen molar-refractivity contribution in [1.82, 2.24) is 20.1 Å². The minimum absolute atomic E-state index is 0.120. The average molecular weight is 487 g/mol. The molecule has 0 spiro atoms. The second kappa shape index (κ2) is 11.7. The van der Waals surface area contributed by atoms with Crippen molar-refractivity contribution in [2.45, 2.75) is 53.0 Å². The Kier molecular flexibility index (Phi) is 8.67. The Hall–Kier alpha value is -1.89. The maximum Gasteiger partial charge on any atom is 0.226 e. The number of carbonyl (C=O) groups is 1. The van der Waals surface area contributed by atoms with E-state index < -0.39 is 0 Å². The molecule has 1 amide bonds. The van der Waals surface area contributed by atoms with Crippen molar-refractivity contribution in [3.8, 4) is 11.5 Å². The van der Waals surface area contributed by atoms with Crippen molar-refractivity contribution in [2.24, 2.45) is 17.8 Å². The lowest BCUT2D eigenvalue weighted by Crippen LogP contribution is -2.42. The lowest BCUT2D eigenvalue weighted by Gasteiger charge is -2.35. The van der Waals surface area contributed by atoms with Gasteiger partial charge in [0.2, 0.25) is 11.8 Å². The standard InChI is InChI=1S/C27H39ClN4O2/c1-19-15-20(2)17-32(16-19)12-4-11-29-26(33)22-9-13-31(14-10-22)18-25-21(3)34-27(30-25)23-5-7-24(28)8-6-23/h5-8,19-20,22H,4,9-18H2,1-3H3,(H,29,33)/t19-,20+. The molecule has 0 aliphatic carbocycles. The summed E-state index contributed by atoms with van der Waals surface area (Å²) in [7, 11) is 0. The average Bonchev–Trinajstić information content (AvgIpc) is 3.17. The minimum Gasteiger partial charge on any atom is -0.441 e. The van der Waals surface area contributed by atoms with Gasteiger partial charge in [-0.1, -0.05) is 25.4 Å². The summed E-state index contributed by atoms with van der Waals surface area (Å²) in [6.07, 6.45) is 4.17. The van der Waals surface area contributed by atoms with Gasteiger partial charge in [0.25, 0.3) is 0 Å². The predicted octanol–water partition coefficient (Wildman–Crippen LogP) is 5.00. The van der Waals surface area contributed by atoms with Gasteiger partial charge in [-0.25, -0.2) is 4.98 Å². The number of amides is 1. The van der Waals surface area contributed by atoms with Crippen LogP contribution in [-0.2, 0) is 11.3 Å². The summed E-state index contributed by atoms with van der Waals surface area (Å²) in [5, 5.41) is 3.89. The highest BCUT2D eigenvalue weighted by Gasteiger charge is 2.26. The zero-order chi connectivity index (χ0) is 24.1. The molecule has 2 aromatic rings. The van der Waals surface area contributed by atoms with Crippen LogP contribution in [0.1, 0.15) is 51.0 Å². The van der Waals surface area contributed by atoms with Crippen LogP contribution in [0.4, 0.5) is 0 Å². The maximum atomic E-state index is 12.7. The molecule has 0 saturated carbocycles. The number of aromatic nitrogens is 1. The highest BCUT2D eigenvalue weighted by atomic mass is 35.5. The van der Waals surface area contributed by atoms with Crippen molar-refractivity contribution < 1.29 is 9.21 Å². The fourth-order valence-electron chi connectivity index (χ4n) is 5.49. The molecule has 0 unspecified atom stereocenters. The maximum absolute atomic E-state index is 12.7. The molecule has 3 heterocycles. The number of hydrogen-bond donors (Lipinski definition) is 1. The molecule has 186 valence electrons. The number of nitrogens with zero attached hydrogens (tertiary/aromatic N) is 3. The molecule has 1 aromatic heterocycles. The number of rotatable bonds is 8. The van der Waals surface area contributed by atoms with Gasteiger partial charge in [-0.05, 0) is 88.3 Å². The highest BCUT2D eigenvalue weighted by Crippen LogP contribution is 2.26. The first-order valence-corrected chi connectivity index (χ1v) is 13.2. The first-order chi connectivity index (χ1) is 16.4. The number of likely N-dealkylation sites (tertiary alicyclic amines) is 2. The van der Waals surface area contributed by atoms with Crippen LogP contribution in [0.2, 0.25) is 5.02 Å². The Morgan fingerprint density at radius 2 is 1.79 bits per heavy atom. The molecule has 2 fully saturated rings. The van der Waals surface area contributed by atoms with E-state index in [0.29, 0.717) is 10.9 Å². The van der Waals surface area contributed by atoms with E-state index in [9.17, 15) is 4.79 Å². The second-order valence-electron chi connectivity index (χ2n) is 10.4. The predicted molar refractivity (Wildman–Crippen MR) is 137 cm³/mol. The third-order valence-corrected chi connectivity index (χ3v) is 7.46. The number of halogens is 1. The Labute approximate surface area is 209 Å². The summed E-state index contributed by atoms with van der Waals surface area (Å²) < 4.78 is 5.90. The number of benzene rings is 1. The fourth-order valence-corrected chi connectivity index (χ4v) is 5.61. The molecule has 2 aliphatic rings. The van der Waals surface area contributed by atoms with E-state index in [1.54, 1.807) is 0 Å². The number of oxazole rings is 1. The summed E-state index contributed by atoms with van der Waals surface area (Å²) in [4.78, 5) is 22.3. The Bertz CT molecular complexity index is 927. The van der Waals surface area contributed by atoms with Crippen LogP contribution >= 0.6 is 11.6 Å². The summed E-state index contributed by atoms with van der Waals surface area (Å²) in [6.45, 7) is 13.5. The lowest BCUT2D eigenvalue weighted by molar-refractivity contribution is -0.126. The van der Waals surface area contributed by atoms with Crippen LogP contribution in [0.5, 0.6) is 0 Å². The van der Waals surface area contributed by atoms with Crippen molar-refractivity contribution in [3.05, 3.63) is 40.7 Å². The van der Waals surface area contributed by atoms with E-state index >= 15 is 0 Å². The van der Waals surface area contributed by atoms with Gasteiger partial charge >= 0.3 is 0 Å². The second-order valence-corrected chi connectivity index (χ2v) is 10.9. The third kappa shape index (κ3) is 6.83. The van der Waals surface area contributed by atoms with Crippen molar-refractivity contribution in [2.75, 3.05) is 39.3 Å². The zero-order valence-corrected chi connectivity index (χ0v) is 21.6. The number of piperidine rings is 2. The van der Waals surface area contributed by atoms with E-state index in [4.69, 9.17) is 21.0 Å². The number of nitrogens with one attached hydrogen (secondary N) is 1. The van der Waals surface area contributed by atoms with E-state index in [2.05, 4.69) is 29.0 Å². The smallest absolute Gasteiger partial charge is 0.226 e. The van der Waals surface area contributed by atoms with E-state index in [1.165, 1.54) is 19.5 Å². The van der Waals surface area contributed by atoms with E-state index in [0.717, 1.165) is 80.8 Å². The number of aryl methyl sites for hydroxylation is 1. The van der Waals surface area contributed by atoms with Crippen LogP contribution in [0, 0.1) is 24.7 Å². The highest BCUT2D eigenvalue weighted by molar-refractivity contribution is 6.30. The van der Waals surface area contributed by atoms with Crippen LogP contribution in [0.15, 0.2) is 28.7 Å². The third-order valence-electron chi connectivity index (χ3n) is 7.21. The van der Waals surface area contributed by atoms with Crippen LogP contribution in [-0.4, -0.2) is 60.0 Å². The topological polar surface area (TPSA) is 61.6 Å². The molecule has 7 heteroatoms. The van der Waals surface area contributed by atoms with Gasteiger partial charge in [0.15, 0.2) is 0 Å². The van der Waals surface area contributed by atoms with Crippen LogP contribution < -0.4 is 5.32 Å². The van der Waals surface area contributed by atoms with Gasteiger partial charge in [-0.15, -0.1) is 0 Å². The van der Waals surface area contributed by atoms with Crippen LogP contribution in [0.25, 0.3) is 11.5 Å². The van der Waals surface area contributed by atoms with Crippen molar-refractivity contribution in [1.29, 1.82) is 0 Å². The van der Waals surface area contributed by atoms with Gasteiger partial charge in [0.05, 0.1) is 5.69 Å². The number of carbonyl (C=O) groups excluding carboxylic acids is 1. The Morgan fingerprint density at radius 3 is 2.47 bits per heavy atom. The minimum atomic E-state index is 0.120. The van der Waals surface area contributed by atoms with Crippen LogP contribution in [0.3, 0.4) is 0 Å². The molecule has 2 aliphatic heterocycles. The number of hydrogen-bond acceptors (Lipinski definition) is 5. The van der Waals surface area contributed by atoms with E-state index in [1.807, 2.05) is 31.2 Å². The first-order valence-electron chi connectivity index (χ1n) is 12.8. The monoisotopic (exact) mass is 486 g/mol. The first kappa shape index (κ1) is 25.2. The molecule has 34 heavy (non-hydrogen) atoms. The molecule has 1 aromatic carbocycles. The zero-order valence-electron chi connectivity index (χ0n) is 20.9. The molecule has 0 radical (unpaired) electrons. The quantitative estimate of drug-likeness (QED) is 0.532. The summed E-state index contributed by atoms with van der Waals surface area (Å²) in [5.41, 5.74) is 1.90. The normalized spacial score (nSPS) is 22.7. The summed E-state index contributed by atoms with van der Waals surface area (Å²) >= 11 is 5.99. The largest absolute Gasteiger partial charge is 0.441 e. The SMILES string of the molecule is Cc1oc(-c2ccc(Cl)cc2)nc1CN1CCC(C(=O)NCCCN2C[C@H](C)C[C@H](C)C2)CC1. The summed E-state index contributed by atoms with van der Waals surface area (Å²) in [5.74, 6) is 3.40. The molecule has 4 rings (SSSR count). The molecule has 1 N–H and O–H groups in total. The summed E-state index contributed by atoms with van der Waals surface area (Å²) in [6, 6.07) is 7.55. The van der Waals surface area contributed by atoms with Gasteiger partial charge in [0, 0.05) is 42.7 Å². The molecule has 2 saturated heterocycles. The fraction of sp³-hybridized carbons (Fsp3) is 0.630. The van der Waals surface area contributed by atoms with Gasteiger partial charge < -0.3 is 14.6 Å². The van der Waals surface area contributed by atoms with Gasteiger partial charge in [-0.3, -0.25) is 9.69 Å². The molecular formula is C27H39ClN4O2. The molecule has 6 nitrogen and oxygen atoms in total.